The van der Waals surface area contributed by atoms with E-state index >= 15 is 0 Å². The normalized spacial score (nSPS) is 12.3. The number of unbranched alkanes of at least 4 members (excludes halogenated alkanes) is 1. The lowest BCUT2D eigenvalue weighted by Crippen LogP contribution is -2.37. The van der Waals surface area contributed by atoms with Gasteiger partial charge in [0, 0.05) is 33.4 Å². The molecule has 5 nitrogen and oxygen atoms in total. The molecule has 0 spiro atoms. The van der Waals surface area contributed by atoms with Gasteiger partial charge in [-0.1, -0.05) is 37.6 Å². The summed E-state index contributed by atoms with van der Waals surface area (Å²) >= 11 is 0. The van der Waals surface area contributed by atoms with Crippen molar-refractivity contribution in [3.05, 3.63) is 35.4 Å². The van der Waals surface area contributed by atoms with Crippen molar-refractivity contribution in [3.63, 3.8) is 0 Å². The van der Waals surface area contributed by atoms with Crippen molar-refractivity contribution in [2.24, 2.45) is 4.99 Å². The summed E-state index contributed by atoms with van der Waals surface area (Å²) in [5, 5.41) is 6.39. The van der Waals surface area contributed by atoms with Gasteiger partial charge in [0.15, 0.2) is 5.96 Å². The molecule has 0 saturated carbocycles. The van der Waals surface area contributed by atoms with Gasteiger partial charge in [0.2, 0.25) is 0 Å². The zero-order valence-corrected chi connectivity index (χ0v) is 16.1. The van der Waals surface area contributed by atoms with E-state index in [0.717, 1.165) is 38.0 Å². The van der Waals surface area contributed by atoms with E-state index < -0.39 is 12.8 Å². The van der Waals surface area contributed by atoms with Crippen LogP contribution in [0.2, 0.25) is 0 Å². The monoisotopic (exact) mass is 389 g/mol. The van der Waals surface area contributed by atoms with Crippen LogP contribution in [-0.4, -0.2) is 45.5 Å². The molecule has 0 radical (unpaired) electrons. The predicted molar refractivity (Wildman–Crippen MR) is 101 cm³/mol. The Labute approximate surface area is 159 Å². The number of benzene rings is 1. The molecule has 0 saturated heterocycles. The fourth-order valence-corrected chi connectivity index (χ4v) is 2.25. The van der Waals surface area contributed by atoms with Crippen LogP contribution in [-0.2, 0) is 22.6 Å². The van der Waals surface area contributed by atoms with E-state index in [1.54, 1.807) is 19.2 Å². The smallest absolute Gasteiger partial charge is 0.381 e. The summed E-state index contributed by atoms with van der Waals surface area (Å²) in [7, 11) is 1.69. The number of guanidine groups is 1. The van der Waals surface area contributed by atoms with Gasteiger partial charge in [0.1, 0.15) is 6.61 Å². The number of ether oxygens (including phenoxy) is 2. The Kier molecular flexibility index (Phi) is 11.5. The van der Waals surface area contributed by atoms with Crippen LogP contribution in [0.1, 0.15) is 37.3 Å². The number of rotatable bonds is 12. The zero-order valence-electron chi connectivity index (χ0n) is 16.1. The number of nitrogens with zero attached hydrogens (tertiary/aromatic N) is 1. The minimum Gasteiger partial charge on any atom is -0.381 e. The van der Waals surface area contributed by atoms with Crippen molar-refractivity contribution in [2.75, 3.05) is 33.4 Å². The van der Waals surface area contributed by atoms with Crippen LogP contribution >= 0.6 is 0 Å². The van der Waals surface area contributed by atoms with Gasteiger partial charge >= 0.3 is 6.18 Å². The Bertz CT molecular complexity index is 551. The number of nitrogens with one attached hydrogen (secondary N) is 2. The van der Waals surface area contributed by atoms with E-state index in [1.165, 1.54) is 0 Å². The average molecular weight is 389 g/mol. The second-order valence-electron chi connectivity index (χ2n) is 6.10. The second-order valence-corrected chi connectivity index (χ2v) is 6.10. The molecule has 1 rings (SSSR count). The number of alkyl halides is 3. The fourth-order valence-electron chi connectivity index (χ4n) is 2.25. The van der Waals surface area contributed by atoms with Crippen LogP contribution in [0, 0.1) is 0 Å². The lowest BCUT2D eigenvalue weighted by atomic mass is 10.1. The average Bonchev–Trinajstić information content (AvgIpc) is 2.63. The molecule has 0 aliphatic rings. The van der Waals surface area contributed by atoms with E-state index in [2.05, 4.69) is 22.5 Å². The van der Waals surface area contributed by atoms with E-state index in [4.69, 9.17) is 9.47 Å². The van der Waals surface area contributed by atoms with Crippen molar-refractivity contribution in [1.29, 1.82) is 0 Å². The lowest BCUT2D eigenvalue weighted by Gasteiger charge is -2.13. The molecule has 0 bridgehead atoms. The molecule has 154 valence electrons. The molecule has 0 aliphatic carbocycles. The minimum absolute atomic E-state index is 0.0711. The Morgan fingerprint density at radius 1 is 1.07 bits per heavy atom. The Morgan fingerprint density at radius 2 is 1.81 bits per heavy atom. The third kappa shape index (κ3) is 12.3. The SMILES string of the molecule is CCCCOCCCNC(=NC)NCc1cccc(COCC(F)(F)F)c1. The van der Waals surface area contributed by atoms with Crippen LogP contribution in [0.15, 0.2) is 29.3 Å². The summed E-state index contributed by atoms with van der Waals surface area (Å²) in [4.78, 5) is 4.15. The number of halogens is 3. The summed E-state index contributed by atoms with van der Waals surface area (Å²) < 4.78 is 46.6. The first kappa shape index (κ1) is 23.2. The summed E-state index contributed by atoms with van der Waals surface area (Å²) in [6.07, 6.45) is -1.21. The first-order chi connectivity index (χ1) is 12.9. The summed E-state index contributed by atoms with van der Waals surface area (Å²) in [6.45, 7) is 3.59. The number of hydrogen-bond acceptors (Lipinski definition) is 3. The zero-order chi connectivity index (χ0) is 20.0. The summed E-state index contributed by atoms with van der Waals surface area (Å²) in [5.41, 5.74) is 1.64. The van der Waals surface area contributed by atoms with Crippen LogP contribution in [0.3, 0.4) is 0 Å². The number of hydrogen-bond donors (Lipinski definition) is 2. The summed E-state index contributed by atoms with van der Waals surface area (Å²) in [6, 6.07) is 7.26. The lowest BCUT2D eigenvalue weighted by molar-refractivity contribution is -0.176. The molecule has 1 aromatic carbocycles. The van der Waals surface area contributed by atoms with E-state index in [0.29, 0.717) is 24.7 Å². The molecular weight excluding hydrogens is 359 g/mol. The molecule has 0 aliphatic heterocycles. The Hall–Kier alpha value is -1.80. The largest absolute Gasteiger partial charge is 0.411 e. The fraction of sp³-hybridized carbons (Fsp3) is 0.632. The molecule has 0 heterocycles. The highest BCUT2D eigenvalue weighted by Gasteiger charge is 2.27. The third-order valence-corrected chi connectivity index (χ3v) is 3.61. The molecule has 0 amide bonds. The van der Waals surface area contributed by atoms with Gasteiger partial charge in [-0.2, -0.15) is 13.2 Å². The maximum absolute atomic E-state index is 12.1. The van der Waals surface area contributed by atoms with Crippen molar-refractivity contribution in [1.82, 2.24) is 10.6 Å². The molecule has 8 heteroatoms. The van der Waals surface area contributed by atoms with Crippen molar-refractivity contribution < 1.29 is 22.6 Å². The first-order valence-corrected chi connectivity index (χ1v) is 9.19. The van der Waals surface area contributed by atoms with Gasteiger partial charge in [0.25, 0.3) is 0 Å². The summed E-state index contributed by atoms with van der Waals surface area (Å²) in [5.74, 6) is 0.669. The molecule has 0 unspecified atom stereocenters. The van der Waals surface area contributed by atoms with Gasteiger partial charge in [-0.05, 0) is 24.0 Å². The van der Waals surface area contributed by atoms with E-state index in [1.807, 2.05) is 12.1 Å². The van der Waals surface area contributed by atoms with Gasteiger partial charge < -0.3 is 20.1 Å². The second kappa shape index (κ2) is 13.4. The standard InChI is InChI=1S/C19H30F3N3O2/c1-3-4-10-26-11-6-9-24-18(23-2)25-13-16-7-5-8-17(12-16)14-27-15-19(20,21)22/h5,7-8,12H,3-4,6,9-11,13-15H2,1-2H3,(H2,23,24,25). The Balaban J connectivity index is 2.29. The first-order valence-electron chi connectivity index (χ1n) is 9.19. The molecule has 1 aromatic rings. The highest BCUT2D eigenvalue weighted by molar-refractivity contribution is 5.79. The highest BCUT2D eigenvalue weighted by Crippen LogP contribution is 2.16. The predicted octanol–water partition coefficient (Wildman–Crippen LogP) is 3.64. The van der Waals surface area contributed by atoms with Crippen molar-refractivity contribution >= 4 is 5.96 Å². The molecular formula is C19H30F3N3O2. The van der Waals surface area contributed by atoms with Gasteiger partial charge in [0.05, 0.1) is 6.61 Å². The van der Waals surface area contributed by atoms with E-state index in [-0.39, 0.29) is 6.61 Å². The quantitative estimate of drug-likeness (QED) is 0.326. The maximum Gasteiger partial charge on any atom is 0.411 e. The molecule has 27 heavy (non-hydrogen) atoms. The highest BCUT2D eigenvalue weighted by atomic mass is 19.4. The van der Waals surface area contributed by atoms with Crippen LogP contribution in [0.5, 0.6) is 0 Å². The van der Waals surface area contributed by atoms with Crippen LogP contribution < -0.4 is 10.6 Å². The van der Waals surface area contributed by atoms with Gasteiger partial charge in [-0.25, -0.2) is 0 Å². The van der Waals surface area contributed by atoms with E-state index in [9.17, 15) is 13.2 Å². The van der Waals surface area contributed by atoms with Crippen LogP contribution in [0.25, 0.3) is 0 Å². The molecule has 2 N–H and O–H groups in total. The molecule has 0 aromatic heterocycles. The Morgan fingerprint density at radius 3 is 2.52 bits per heavy atom. The number of aliphatic imine (C=N–C) groups is 1. The maximum atomic E-state index is 12.1. The van der Waals surface area contributed by atoms with Gasteiger partial charge in [-0.15, -0.1) is 0 Å². The van der Waals surface area contributed by atoms with Crippen molar-refractivity contribution in [2.45, 2.75) is 45.5 Å². The molecule has 0 fully saturated rings. The van der Waals surface area contributed by atoms with Gasteiger partial charge in [-0.3, -0.25) is 4.99 Å². The topological polar surface area (TPSA) is 54.9 Å². The van der Waals surface area contributed by atoms with Crippen molar-refractivity contribution in [3.8, 4) is 0 Å². The minimum atomic E-state index is -4.31. The molecule has 0 atom stereocenters. The third-order valence-electron chi connectivity index (χ3n) is 3.61. The van der Waals surface area contributed by atoms with Crippen LogP contribution in [0.4, 0.5) is 13.2 Å².